The van der Waals surface area contributed by atoms with Crippen LogP contribution in [0.15, 0.2) is 47.8 Å². The zero-order valence-corrected chi connectivity index (χ0v) is 15.8. The molecule has 0 bridgehead atoms. The normalized spacial score (nSPS) is 20.3. The second-order valence-electron chi connectivity index (χ2n) is 6.41. The van der Waals surface area contributed by atoms with E-state index in [9.17, 15) is 13.2 Å². The molecule has 1 fully saturated rings. The van der Waals surface area contributed by atoms with Crippen molar-refractivity contribution in [2.45, 2.75) is 18.5 Å². The van der Waals surface area contributed by atoms with Gasteiger partial charge in [-0.1, -0.05) is 36.4 Å². The topological polar surface area (TPSA) is 71.1 Å². The van der Waals surface area contributed by atoms with Gasteiger partial charge in [0.2, 0.25) is 0 Å². The standard InChI is InChI=1S/C18H22N2O3S2/c1-20(15-9-11-25(22,23)13-15)17(21)12-19-18(16-8-5-10-24-16)14-6-3-2-4-7-14/h2-8,10,15,18-19H,9,11-13H2,1H3/p+1/t15-,18-/m1/s1. The van der Waals surface area contributed by atoms with Crippen LogP contribution < -0.4 is 5.32 Å². The second kappa shape index (κ2) is 7.68. The number of likely N-dealkylation sites (N-methyl/N-ethyl adjacent to an activating group) is 1. The molecule has 7 heteroatoms. The number of carbonyl (C=O) groups excluding carboxylic acids is 1. The zero-order chi connectivity index (χ0) is 17.9. The van der Waals surface area contributed by atoms with Gasteiger partial charge in [0.25, 0.3) is 5.91 Å². The molecule has 2 aromatic rings. The molecule has 0 saturated carbocycles. The van der Waals surface area contributed by atoms with E-state index >= 15 is 0 Å². The van der Waals surface area contributed by atoms with E-state index < -0.39 is 9.84 Å². The van der Waals surface area contributed by atoms with Crippen LogP contribution in [-0.2, 0) is 14.6 Å². The molecule has 0 unspecified atom stereocenters. The molecule has 0 spiro atoms. The molecule has 134 valence electrons. The molecule has 25 heavy (non-hydrogen) atoms. The summed E-state index contributed by atoms with van der Waals surface area (Å²) in [7, 11) is -1.27. The highest BCUT2D eigenvalue weighted by atomic mass is 32.2. The third-order valence-corrected chi connectivity index (χ3v) is 7.39. The van der Waals surface area contributed by atoms with Gasteiger partial charge in [0.05, 0.1) is 16.4 Å². The molecule has 1 saturated heterocycles. The van der Waals surface area contributed by atoms with E-state index in [4.69, 9.17) is 0 Å². The first-order chi connectivity index (χ1) is 12.0. The van der Waals surface area contributed by atoms with Crippen molar-refractivity contribution in [3.63, 3.8) is 0 Å². The summed E-state index contributed by atoms with van der Waals surface area (Å²) in [5.41, 5.74) is 1.16. The van der Waals surface area contributed by atoms with Crippen molar-refractivity contribution in [1.82, 2.24) is 4.90 Å². The Balaban J connectivity index is 1.66. The Kier molecular flexibility index (Phi) is 5.56. The lowest BCUT2D eigenvalue weighted by Gasteiger charge is -2.23. The number of thiophene rings is 1. The summed E-state index contributed by atoms with van der Waals surface area (Å²) in [4.78, 5) is 15.4. The predicted octanol–water partition coefficient (Wildman–Crippen LogP) is 1.05. The van der Waals surface area contributed by atoms with Crippen LogP contribution in [0.3, 0.4) is 0 Å². The molecule has 3 rings (SSSR count). The lowest BCUT2D eigenvalue weighted by molar-refractivity contribution is -0.676. The highest BCUT2D eigenvalue weighted by Gasteiger charge is 2.33. The van der Waals surface area contributed by atoms with Crippen molar-refractivity contribution >= 4 is 27.1 Å². The van der Waals surface area contributed by atoms with E-state index in [-0.39, 0.29) is 29.5 Å². The zero-order valence-electron chi connectivity index (χ0n) is 14.2. The number of nitrogens with two attached hydrogens (primary N) is 1. The monoisotopic (exact) mass is 379 g/mol. The summed E-state index contributed by atoms with van der Waals surface area (Å²) < 4.78 is 23.3. The van der Waals surface area contributed by atoms with Crippen molar-refractivity contribution in [2.24, 2.45) is 0 Å². The van der Waals surface area contributed by atoms with E-state index in [0.29, 0.717) is 13.0 Å². The van der Waals surface area contributed by atoms with Crippen LogP contribution >= 0.6 is 11.3 Å². The first kappa shape index (κ1) is 18.1. The van der Waals surface area contributed by atoms with Crippen LogP contribution in [0.5, 0.6) is 0 Å². The number of benzene rings is 1. The maximum Gasteiger partial charge on any atom is 0.277 e. The van der Waals surface area contributed by atoms with Crippen molar-refractivity contribution < 1.29 is 18.5 Å². The Labute approximate surface area is 152 Å². The van der Waals surface area contributed by atoms with Gasteiger partial charge in [-0.3, -0.25) is 4.79 Å². The van der Waals surface area contributed by atoms with E-state index in [1.165, 1.54) is 4.88 Å². The van der Waals surface area contributed by atoms with Gasteiger partial charge in [0.15, 0.2) is 16.4 Å². The molecule has 5 nitrogen and oxygen atoms in total. The minimum atomic E-state index is -2.99. The Morgan fingerprint density at radius 2 is 2.04 bits per heavy atom. The minimum Gasteiger partial charge on any atom is -0.337 e. The quantitative estimate of drug-likeness (QED) is 0.815. The molecule has 1 aromatic heterocycles. The third-order valence-electron chi connectivity index (χ3n) is 4.69. The molecule has 2 N–H and O–H groups in total. The molecular formula is C18H23N2O3S2+. The maximum atomic E-state index is 12.5. The van der Waals surface area contributed by atoms with Crippen molar-refractivity contribution in [2.75, 3.05) is 25.1 Å². The highest BCUT2D eigenvalue weighted by Crippen LogP contribution is 2.22. The SMILES string of the molecule is CN(C(=O)C[NH2+][C@H](c1ccccc1)c1cccs1)[C@@H]1CCS(=O)(=O)C1. The van der Waals surface area contributed by atoms with Gasteiger partial charge in [0, 0.05) is 18.7 Å². The smallest absolute Gasteiger partial charge is 0.277 e. The second-order valence-corrected chi connectivity index (χ2v) is 9.61. The molecule has 1 amide bonds. The fourth-order valence-electron chi connectivity index (χ4n) is 3.19. The van der Waals surface area contributed by atoms with E-state index in [2.05, 4.69) is 18.2 Å². The predicted molar refractivity (Wildman–Crippen MR) is 99.2 cm³/mol. The molecular weight excluding hydrogens is 356 g/mol. The van der Waals surface area contributed by atoms with Gasteiger partial charge in [-0.2, -0.15) is 0 Å². The van der Waals surface area contributed by atoms with Gasteiger partial charge < -0.3 is 10.2 Å². The first-order valence-electron chi connectivity index (χ1n) is 8.34. The number of rotatable bonds is 6. The summed E-state index contributed by atoms with van der Waals surface area (Å²) >= 11 is 1.68. The molecule has 1 aromatic carbocycles. The molecule has 0 aliphatic carbocycles. The Hall–Kier alpha value is -1.70. The summed E-state index contributed by atoms with van der Waals surface area (Å²) in [6, 6.07) is 14.1. The van der Waals surface area contributed by atoms with Crippen molar-refractivity contribution in [3.8, 4) is 0 Å². The van der Waals surface area contributed by atoms with Crippen LogP contribution in [0.4, 0.5) is 0 Å². The van der Waals surface area contributed by atoms with Gasteiger partial charge in [-0.15, -0.1) is 11.3 Å². The fourth-order valence-corrected chi connectivity index (χ4v) is 5.82. The van der Waals surface area contributed by atoms with Gasteiger partial charge >= 0.3 is 0 Å². The van der Waals surface area contributed by atoms with Crippen LogP contribution in [0, 0.1) is 0 Å². The van der Waals surface area contributed by atoms with Gasteiger partial charge in [-0.25, -0.2) is 8.42 Å². The van der Waals surface area contributed by atoms with Crippen molar-refractivity contribution in [1.29, 1.82) is 0 Å². The fraction of sp³-hybridized carbons (Fsp3) is 0.389. The number of nitrogens with zero attached hydrogens (tertiary/aromatic N) is 1. The summed E-state index contributed by atoms with van der Waals surface area (Å²) in [5, 5.41) is 4.07. The Bertz CT molecular complexity index is 804. The first-order valence-corrected chi connectivity index (χ1v) is 11.0. The van der Waals surface area contributed by atoms with E-state index in [0.717, 1.165) is 5.56 Å². The number of hydrogen-bond acceptors (Lipinski definition) is 4. The molecule has 0 radical (unpaired) electrons. The summed E-state index contributed by atoms with van der Waals surface area (Å²) in [6.07, 6.45) is 0.539. The third kappa shape index (κ3) is 4.48. The van der Waals surface area contributed by atoms with Crippen LogP contribution in [0.25, 0.3) is 0 Å². The maximum absolute atomic E-state index is 12.5. The lowest BCUT2D eigenvalue weighted by atomic mass is 10.1. The van der Waals surface area contributed by atoms with E-state index in [1.54, 1.807) is 23.3 Å². The number of carbonyl (C=O) groups is 1. The van der Waals surface area contributed by atoms with E-state index in [1.807, 2.05) is 35.0 Å². The van der Waals surface area contributed by atoms with Gasteiger partial charge in [-0.05, 0) is 17.9 Å². The Morgan fingerprint density at radius 1 is 1.28 bits per heavy atom. The number of amides is 1. The molecule has 1 aliphatic rings. The summed E-state index contributed by atoms with van der Waals surface area (Å²) in [6.45, 7) is 0.296. The van der Waals surface area contributed by atoms with Crippen LogP contribution in [-0.4, -0.2) is 50.4 Å². The molecule has 2 heterocycles. The average molecular weight is 380 g/mol. The largest absolute Gasteiger partial charge is 0.337 e. The number of quaternary nitrogens is 1. The minimum absolute atomic E-state index is 0.0282. The Morgan fingerprint density at radius 3 is 2.64 bits per heavy atom. The summed E-state index contributed by atoms with van der Waals surface area (Å²) in [5.74, 6) is 0.239. The highest BCUT2D eigenvalue weighted by molar-refractivity contribution is 7.91. The number of hydrogen-bond donors (Lipinski definition) is 1. The van der Waals surface area contributed by atoms with Crippen LogP contribution in [0.2, 0.25) is 0 Å². The van der Waals surface area contributed by atoms with Crippen LogP contribution in [0.1, 0.15) is 22.9 Å². The number of sulfone groups is 1. The lowest BCUT2D eigenvalue weighted by Crippen LogP contribution is -2.87. The average Bonchev–Trinajstić information content (AvgIpc) is 3.25. The molecule has 2 atom stereocenters. The van der Waals surface area contributed by atoms with Crippen molar-refractivity contribution in [3.05, 3.63) is 58.3 Å². The van der Waals surface area contributed by atoms with Gasteiger partial charge in [0.1, 0.15) is 6.04 Å². The molecule has 1 aliphatic heterocycles.